The Morgan fingerprint density at radius 1 is 1.40 bits per heavy atom. The Labute approximate surface area is 89.5 Å². The van der Waals surface area contributed by atoms with Gasteiger partial charge in [0.1, 0.15) is 5.82 Å². The zero-order chi connectivity index (χ0) is 11.3. The van der Waals surface area contributed by atoms with E-state index in [9.17, 15) is 4.39 Å². The third-order valence-corrected chi connectivity index (χ3v) is 2.02. The van der Waals surface area contributed by atoms with Gasteiger partial charge in [0.15, 0.2) is 0 Å². The van der Waals surface area contributed by atoms with Crippen molar-refractivity contribution in [2.24, 2.45) is 4.99 Å². The van der Waals surface area contributed by atoms with E-state index >= 15 is 0 Å². The molecule has 0 aliphatic heterocycles. The van der Waals surface area contributed by atoms with Crippen LogP contribution in [0.4, 0.5) is 4.39 Å². The molecule has 3 heteroatoms. The van der Waals surface area contributed by atoms with Crippen LogP contribution in [0.2, 0.25) is 0 Å². The first kappa shape index (κ1) is 11.4. The molecule has 0 saturated carbocycles. The summed E-state index contributed by atoms with van der Waals surface area (Å²) >= 11 is 0. The molecule has 0 heterocycles. The molecule has 0 aliphatic carbocycles. The maximum absolute atomic E-state index is 12.7. The molecule has 2 nitrogen and oxygen atoms in total. The molecule has 1 aromatic carbocycles. The van der Waals surface area contributed by atoms with Crippen molar-refractivity contribution in [1.82, 2.24) is 5.32 Å². The maximum Gasteiger partial charge on any atom is 0.123 e. The Kier molecular flexibility index (Phi) is 4.03. The molecule has 80 valence electrons. The topological polar surface area (TPSA) is 24.4 Å². The third kappa shape index (κ3) is 2.91. The predicted octanol–water partition coefficient (Wildman–Crippen LogP) is 2.37. The molecule has 1 aromatic rings. The lowest BCUT2D eigenvalue weighted by Crippen LogP contribution is -2.16. The summed E-state index contributed by atoms with van der Waals surface area (Å²) < 4.78 is 12.7. The lowest BCUT2D eigenvalue weighted by atomic mass is 10.1. The van der Waals surface area contributed by atoms with Crippen molar-refractivity contribution < 1.29 is 4.39 Å². The van der Waals surface area contributed by atoms with Crippen molar-refractivity contribution in [3.05, 3.63) is 47.9 Å². The van der Waals surface area contributed by atoms with Gasteiger partial charge in [0.2, 0.25) is 0 Å². The van der Waals surface area contributed by atoms with Gasteiger partial charge in [-0.05, 0) is 31.2 Å². The second kappa shape index (κ2) is 5.29. The fourth-order valence-corrected chi connectivity index (χ4v) is 1.25. The molecule has 0 bridgehead atoms. The highest BCUT2D eigenvalue weighted by Gasteiger charge is 2.05. The van der Waals surface area contributed by atoms with E-state index in [1.807, 2.05) is 6.92 Å². The van der Waals surface area contributed by atoms with Crippen molar-refractivity contribution in [3.8, 4) is 0 Å². The third-order valence-electron chi connectivity index (χ3n) is 2.02. The SMILES string of the molecule is C=C(NC)C(=NCC)c1ccc(F)cc1. The van der Waals surface area contributed by atoms with Crippen LogP contribution < -0.4 is 5.32 Å². The number of nitrogens with zero attached hydrogens (tertiary/aromatic N) is 1. The van der Waals surface area contributed by atoms with Gasteiger partial charge >= 0.3 is 0 Å². The molecule has 15 heavy (non-hydrogen) atoms. The molecular formula is C12H15FN2. The number of allylic oxidation sites excluding steroid dienone is 1. The predicted molar refractivity (Wildman–Crippen MR) is 61.7 cm³/mol. The highest BCUT2D eigenvalue weighted by atomic mass is 19.1. The minimum atomic E-state index is -0.246. The molecule has 0 unspecified atom stereocenters. The van der Waals surface area contributed by atoms with Gasteiger partial charge in [0.25, 0.3) is 0 Å². The number of aliphatic imine (C=N–C) groups is 1. The number of benzene rings is 1. The molecule has 0 saturated heterocycles. The standard InChI is InChI=1S/C12H15FN2/c1-4-15-12(9(2)14-3)10-5-7-11(13)8-6-10/h5-8,14H,2,4H2,1,3H3. The molecule has 0 fully saturated rings. The normalized spacial score (nSPS) is 11.3. The van der Waals surface area contributed by atoms with Crippen LogP contribution in [0, 0.1) is 5.82 Å². The van der Waals surface area contributed by atoms with E-state index in [4.69, 9.17) is 0 Å². The average molecular weight is 206 g/mol. The van der Waals surface area contributed by atoms with Crippen molar-refractivity contribution in [1.29, 1.82) is 0 Å². The van der Waals surface area contributed by atoms with Crippen LogP contribution in [0.15, 0.2) is 41.5 Å². The molecule has 1 rings (SSSR count). The number of likely N-dealkylation sites (N-methyl/N-ethyl adjacent to an activating group) is 1. The van der Waals surface area contributed by atoms with E-state index in [1.54, 1.807) is 19.2 Å². The summed E-state index contributed by atoms with van der Waals surface area (Å²) in [6.07, 6.45) is 0. The summed E-state index contributed by atoms with van der Waals surface area (Å²) in [5, 5.41) is 2.94. The number of halogens is 1. The summed E-state index contributed by atoms with van der Waals surface area (Å²) in [7, 11) is 1.79. The van der Waals surface area contributed by atoms with Crippen LogP contribution in [-0.2, 0) is 0 Å². The number of rotatable bonds is 4. The van der Waals surface area contributed by atoms with Crippen LogP contribution >= 0.6 is 0 Å². The van der Waals surface area contributed by atoms with Gasteiger partial charge in [-0.15, -0.1) is 0 Å². The monoisotopic (exact) mass is 206 g/mol. The first-order valence-corrected chi connectivity index (χ1v) is 4.86. The zero-order valence-corrected chi connectivity index (χ0v) is 9.05. The maximum atomic E-state index is 12.7. The Morgan fingerprint density at radius 3 is 2.47 bits per heavy atom. The summed E-state index contributed by atoms with van der Waals surface area (Å²) in [5.41, 5.74) is 2.39. The molecule has 1 N–H and O–H groups in total. The van der Waals surface area contributed by atoms with E-state index in [-0.39, 0.29) is 5.82 Å². The number of nitrogens with one attached hydrogen (secondary N) is 1. The molecule has 0 atom stereocenters. The molecule has 0 aromatic heterocycles. The first-order valence-electron chi connectivity index (χ1n) is 4.86. The van der Waals surface area contributed by atoms with Gasteiger partial charge in [-0.25, -0.2) is 4.39 Å². The molecule has 0 radical (unpaired) electrons. The Hall–Kier alpha value is -1.64. The fourth-order valence-electron chi connectivity index (χ4n) is 1.25. The van der Waals surface area contributed by atoms with Crippen molar-refractivity contribution in [2.45, 2.75) is 6.92 Å². The fraction of sp³-hybridized carbons (Fsp3) is 0.250. The second-order valence-corrected chi connectivity index (χ2v) is 3.06. The lowest BCUT2D eigenvalue weighted by molar-refractivity contribution is 0.628. The van der Waals surface area contributed by atoms with Gasteiger partial charge in [-0.3, -0.25) is 4.99 Å². The van der Waals surface area contributed by atoms with Crippen LogP contribution in [-0.4, -0.2) is 19.3 Å². The Morgan fingerprint density at radius 2 is 2.00 bits per heavy atom. The number of hydrogen-bond donors (Lipinski definition) is 1. The summed E-state index contributed by atoms with van der Waals surface area (Å²) in [6, 6.07) is 6.24. The highest BCUT2D eigenvalue weighted by molar-refractivity contribution is 6.11. The molecule has 0 spiro atoms. The van der Waals surface area contributed by atoms with Crippen molar-refractivity contribution in [3.63, 3.8) is 0 Å². The van der Waals surface area contributed by atoms with E-state index < -0.39 is 0 Å². The Bertz CT molecular complexity index is 366. The van der Waals surface area contributed by atoms with Crippen molar-refractivity contribution >= 4 is 5.71 Å². The van der Waals surface area contributed by atoms with Crippen LogP contribution in [0.5, 0.6) is 0 Å². The van der Waals surface area contributed by atoms with Crippen LogP contribution in [0.1, 0.15) is 12.5 Å². The Balaban J connectivity index is 3.05. The van der Waals surface area contributed by atoms with Gasteiger partial charge in [-0.1, -0.05) is 6.58 Å². The second-order valence-electron chi connectivity index (χ2n) is 3.06. The smallest absolute Gasteiger partial charge is 0.123 e. The molecular weight excluding hydrogens is 191 g/mol. The molecule has 0 aliphatic rings. The van der Waals surface area contributed by atoms with E-state index in [0.29, 0.717) is 6.54 Å². The quantitative estimate of drug-likeness (QED) is 0.751. The van der Waals surface area contributed by atoms with Gasteiger partial charge in [-0.2, -0.15) is 0 Å². The van der Waals surface area contributed by atoms with Crippen molar-refractivity contribution in [2.75, 3.05) is 13.6 Å². The number of hydrogen-bond acceptors (Lipinski definition) is 2. The van der Waals surface area contributed by atoms with Crippen LogP contribution in [0.25, 0.3) is 0 Å². The van der Waals surface area contributed by atoms with Gasteiger partial charge in [0.05, 0.1) is 11.4 Å². The van der Waals surface area contributed by atoms with Gasteiger partial charge in [0, 0.05) is 19.2 Å². The zero-order valence-electron chi connectivity index (χ0n) is 9.05. The minimum Gasteiger partial charge on any atom is -0.387 e. The van der Waals surface area contributed by atoms with E-state index in [1.165, 1.54) is 12.1 Å². The minimum absolute atomic E-state index is 0.246. The summed E-state index contributed by atoms with van der Waals surface area (Å²) in [5.74, 6) is -0.246. The largest absolute Gasteiger partial charge is 0.387 e. The first-order chi connectivity index (χ1) is 7.19. The highest BCUT2D eigenvalue weighted by Crippen LogP contribution is 2.08. The lowest BCUT2D eigenvalue weighted by Gasteiger charge is -2.09. The van der Waals surface area contributed by atoms with Gasteiger partial charge < -0.3 is 5.32 Å². The van der Waals surface area contributed by atoms with E-state index in [0.717, 1.165) is 17.0 Å². The summed E-state index contributed by atoms with van der Waals surface area (Å²) in [6.45, 7) is 6.48. The van der Waals surface area contributed by atoms with E-state index in [2.05, 4.69) is 16.9 Å². The average Bonchev–Trinajstić information content (AvgIpc) is 2.26. The summed E-state index contributed by atoms with van der Waals surface area (Å²) in [4.78, 5) is 4.33. The molecule has 0 amide bonds. The van der Waals surface area contributed by atoms with Crippen LogP contribution in [0.3, 0.4) is 0 Å².